The number of para-hydroxylation sites is 2. The monoisotopic (exact) mass is 286 g/mol. The number of aryl methyl sites for hydroxylation is 1. The van der Waals surface area contributed by atoms with Crippen LogP contribution in [-0.4, -0.2) is 19.2 Å². The minimum atomic E-state index is -0.463. The number of nitrogens with zero attached hydrogens (tertiary/aromatic N) is 1. The Hall–Kier alpha value is -2.56. The van der Waals surface area contributed by atoms with Gasteiger partial charge < -0.3 is 10.1 Å². The zero-order valence-electron chi connectivity index (χ0n) is 11.6. The van der Waals surface area contributed by atoms with E-state index in [1.807, 2.05) is 24.3 Å². The highest BCUT2D eigenvalue weighted by Gasteiger charge is 2.23. The summed E-state index contributed by atoms with van der Waals surface area (Å²) in [4.78, 5) is 13.9. The zero-order chi connectivity index (χ0) is 14.8. The molecule has 5 heteroatoms. The summed E-state index contributed by atoms with van der Waals surface area (Å²) >= 11 is 0. The number of anilines is 2. The van der Waals surface area contributed by atoms with Crippen molar-refractivity contribution in [2.24, 2.45) is 0 Å². The van der Waals surface area contributed by atoms with Gasteiger partial charge in [-0.05, 0) is 42.8 Å². The first kappa shape index (κ1) is 13.4. The third-order valence-corrected chi connectivity index (χ3v) is 3.40. The van der Waals surface area contributed by atoms with E-state index in [1.165, 1.54) is 18.2 Å². The Labute approximate surface area is 122 Å². The third-order valence-electron chi connectivity index (χ3n) is 3.40. The molecular formula is C16H15FN2O2. The van der Waals surface area contributed by atoms with Crippen molar-refractivity contribution in [1.82, 2.24) is 0 Å². The van der Waals surface area contributed by atoms with E-state index in [0.717, 1.165) is 11.4 Å². The highest BCUT2D eigenvalue weighted by Crippen LogP contribution is 2.29. The van der Waals surface area contributed by atoms with Crippen LogP contribution in [0, 0.1) is 12.7 Å². The van der Waals surface area contributed by atoms with Gasteiger partial charge in [-0.15, -0.1) is 0 Å². The molecule has 1 N–H and O–H groups in total. The van der Waals surface area contributed by atoms with E-state index >= 15 is 0 Å². The number of halogens is 1. The Morgan fingerprint density at radius 3 is 2.90 bits per heavy atom. The molecule has 0 atom stereocenters. The predicted octanol–water partition coefficient (Wildman–Crippen LogP) is 3.57. The molecule has 2 aromatic rings. The van der Waals surface area contributed by atoms with Crippen molar-refractivity contribution in [3.8, 4) is 5.75 Å². The summed E-state index contributed by atoms with van der Waals surface area (Å²) in [5, 5.41) is 3.23. The first-order chi connectivity index (χ1) is 10.1. The maximum atomic E-state index is 13.2. The Morgan fingerprint density at radius 2 is 2.10 bits per heavy atom. The fourth-order valence-corrected chi connectivity index (χ4v) is 2.31. The summed E-state index contributed by atoms with van der Waals surface area (Å²) in [5.41, 5.74) is 2.13. The van der Waals surface area contributed by atoms with E-state index in [-0.39, 0.29) is 5.82 Å². The largest absolute Gasteiger partial charge is 0.419 e. The van der Waals surface area contributed by atoms with E-state index in [4.69, 9.17) is 4.74 Å². The number of amides is 1. The van der Waals surface area contributed by atoms with Crippen molar-refractivity contribution >= 4 is 17.5 Å². The molecule has 1 aliphatic rings. The van der Waals surface area contributed by atoms with Crippen molar-refractivity contribution in [2.45, 2.75) is 6.92 Å². The first-order valence-electron chi connectivity index (χ1n) is 6.73. The van der Waals surface area contributed by atoms with E-state index < -0.39 is 6.09 Å². The van der Waals surface area contributed by atoms with Crippen LogP contribution in [0.5, 0.6) is 5.75 Å². The Morgan fingerprint density at radius 1 is 1.29 bits per heavy atom. The molecule has 0 aliphatic carbocycles. The molecule has 4 nitrogen and oxygen atoms in total. The molecule has 1 aliphatic heterocycles. The van der Waals surface area contributed by atoms with Crippen molar-refractivity contribution in [3.05, 3.63) is 53.8 Å². The molecule has 2 aromatic carbocycles. The fourth-order valence-electron chi connectivity index (χ4n) is 2.31. The van der Waals surface area contributed by atoms with Crippen LogP contribution in [0.2, 0.25) is 0 Å². The summed E-state index contributed by atoms with van der Waals surface area (Å²) in [6, 6.07) is 11.8. The number of hydrogen-bond donors (Lipinski definition) is 1. The number of nitrogens with one attached hydrogen (secondary N) is 1. The molecule has 0 saturated carbocycles. The molecule has 1 amide bonds. The van der Waals surface area contributed by atoms with E-state index in [1.54, 1.807) is 11.8 Å². The molecule has 1 heterocycles. The Balaban J connectivity index is 1.81. The molecule has 0 spiro atoms. The summed E-state index contributed by atoms with van der Waals surface area (Å²) in [5.74, 6) is 0.0252. The van der Waals surface area contributed by atoms with Gasteiger partial charge >= 0.3 is 6.09 Å². The average molecular weight is 286 g/mol. The van der Waals surface area contributed by atoms with Crippen LogP contribution >= 0.6 is 0 Å². The lowest BCUT2D eigenvalue weighted by atomic mass is 10.2. The van der Waals surface area contributed by atoms with Gasteiger partial charge in [0.2, 0.25) is 0 Å². The molecule has 0 unspecified atom stereocenters. The van der Waals surface area contributed by atoms with E-state index in [2.05, 4.69) is 5.32 Å². The minimum absolute atomic E-state index is 0.317. The Bertz CT molecular complexity index is 688. The second-order valence-electron chi connectivity index (χ2n) is 4.87. The number of rotatable bonds is 1. The van der Waals surface area contributed by atoms with Gasteiger partial charge in [-0.25, -0.2) is 9.18 Å². The maximum Gasteiger partial charge on any atom is 0.419 e. The third kappa shape index (κ3) is 2.67. The normalized spacial score (nSPS) is 13.3. The van der Waals surface area contributed by atoms with Crippen molar-refractivity contribution in [2.75, 3.05) is 23.3 Å². The SMILES string of the molecule is Cc1cc(OC(=O)N2CCNc3ccccc32)ccc1F. The minimum Gasteiger partial charge on any atom is -0.410 e. The molecule has 0 saturated heterocycles. The second kappa shape index (κ2) is 5.44. The summed E-state index contributed by atoms with van der Waals surface area (Å²) in [6.07, 6.45) is -0.463. The predicted molar refractivity (Wildman–Crippen MR) is 79.4 cm³/mol. The van der Waals surface area contributed by atoms with Crippen LogP contribution in [0.1, 0.15) is 5.56 Å². The van der Waals surface area contributed by atoms with Gasteiger partial charge in [0.05, 0.1) is 11.4 Å². The topological polar surface area (TPSA) is 41.6 Å². The quantitative estimate of drug-likeness (QED) is 0.871. The van der Waals surface area contributed by atoms with Crippen molar-refractivity contribution in [1.29, 1.82) is 0 Å². The lowest BCUT2D eigenvalue weighted by molar-refractivity contribution is 0.207. The summed E-state index contributed by atoms with van der Waals surface area (Å²) < 4.78 is 18.6. The standard InChI is InChI=1S/C16H15FN2O2/c1-11-10-12(6-7-13(11)17)21-16(20)19-9-8-18-14-4-2-3-5-15(14)19/h2-7,10,18H,8-9H2,1H3. The smallest absolute Gasteiger partial charge is 0.410 e. The highest BCUT2D eigenvalue weighted by molar-refractivity contribution is 5.94. The van der Waals surface area contributed by atoms with Gasteiger partial charge in [-0.3, -0.25) is 4.90 Å². The van der Waals surface area contributed by atoms with Crippen LogP contribution in [0.15, 0.2) is 42.5 Å². The molecule has 0 radical (unpaired) electrons. The lowest BCUT2D eigenvalue weighted by Crippen LogP contribution is -2.40. The van der Waals surface area contributed by atoms with Crippen LogP contribution in [0.25, 0.3) is 0 Å². The average Bonchev–Trinajstić information content (AvgIpc) is 2.50. The maximum absolute atomic E-state index is 13.2. The van der Waals surface area contributed by atoms with Gasteiger partial charge in [0.15, 0.2) is 0 Å². The van der Waals surface area contributed by atoms with Crippen LogP contribution in [0.3, 0.4) is 0 Å². The molecule has 21 heavy (non-hydrogen) atoms. The number of fused-ring (bicyclic) bond motifs is 1. The fraction of sp³-hybridized carbons (Fsp3) is 0.188. The number of hydrogen-bond acceptors (Lipinski definition) is 3. The van der Waals surface area contributed by atoms with Crippen LogP contribution < -0.4 is 15.0 Å². The second-order valence-corrected chi connectivity index (χ2v) is 4.87. The van der Waals surface area contributed by atoms with E-state index in [9.17, 15) is 9.18 Å². The van der Waals surface area contributed by atoms with E-state index in [0.29, 0.717) is 24.4 Å². The van der Waals surface area contributed by atoms with Gasteiger partial charge in [-0.1, -0.05) is 12.1 Å². The van der Waals surface area contributed by atoms with Gasteiger partial charge in [0.1, 0.15) is 11.6 Å². The molecule has 108 valence electrons. The molecule has 0 bridgehead atoms. The zero-order valence-corrected chi connectivity index (χ0v) is 11.6. The summed E-state index contributed by atoms with van der Waals surface area (Å²) in [6.45, 7) is 2.82. The molecule has 0 aromatic heterocycles. The van der Waals surface area contributed by atoms with Crippen molar-refractivity contribution < 1.29 is 13.9 Å². The number of benzene rings is 2. The first-order valence-corrected chi connectivity index (χ1v) is 6.73. The molecular weight excluding hydrogens is 271 g/mol. The highest BCUT2D eigenvalue weighted by atomic mass is 19.1. The van der Waals surface area contributed by atoms with Gasteiger partial charge in [-0.2, -0.15) is 0 Å². The Kier molecular flexibility index (Phi) is 3.48. The molecule has 3 rings (SSSR count). The van der Waals surface area contributed by atoms with Crippen LogP contribution in [0.4, 0.5) is 20.6 Å². The lowest BCUT2D eigenvalue weighted by Gasteiger charge is -2.29. The van der Waals surface area contributed by atoms with Gasteiger partial charge in [0.25, 0.3) is 0 Å². The van der Waals surface area contributed by atoms with Gasteiger partial charge in [0, 0.05) is 13.1 Å². The number of ether oxygens (including phenoxy) is 1. The summed E-state index contributed by atoms with van der Waals surface area (Å²) in [7, 11) is 0. The van der Waals surface area contributed by atoms with Crippen LogP contribution in [-0.2, 0) is 0 Å². The number of carbonyl (C=O) groups is 1. The van der Waals surface area contributed by atoms with Crippen molar-refractivity contribution in [3.63, 3.8) is 0 Å². The number of carbonyl (C=O) groups excluding carboxylic acids is 1. The molecule has 0 fully saturated rings.